The first-order chi connectivity index (χ1) is 30.2. The van der Waals surface area contributed by atoms with Crippen molar-refractivity contribution in [1.29, 1.82) is 10.5 Å². The van der Waals surface area contributed by atoms with Gasteiger partial charge in [-0.15, -0.1) is 0 Å². The quantitative estimate of drug-likeness (QED) is 0.178. The highest BCUT2D eigenvalue weighted by Crippen LogP contribution is 2.45. The third kappa shape index (κ3) is 4.49. The molecule has 282 valence electrons. The molecule has 0 N–H and O–H groups in total. The number of rotatable bonds is 4. The molecule has 0 atom stereocenters. The number of para-hydroxylation sites is 5. The van der Waals surface area contributed by atoms with Crippen molar-refractivity contribution < 1.29 is 4.42 Å². The predicted octanol–water partition coefficient (Wildman–Crippen LogP) is 13.4. The maximum absolute atomic E-state index is 9.64. The fourth-order valence-electron chi connectivity index (χ4n) is 9.88. The van der Waals surface area contributed by atoms with Crippen molar-refractivity contribution >= 4 is 87.6 Å². The van der Waals surface area contributed by atoms with E-state index in [1.54, 1.807) is 0 Å². The van der Waals surface area contributed by atoms with Crippen molar-refractivity contribution in [2.24, 2.45) is 0 Å². The van der Waals surface area contributed by atoms with Crippen LogP contribution in [0, 0.1) is 22.7 Å². The molecule has 13 aromatic rings. The minimum Gasteiger partial charge on any atom is -0.454 e. The molecule has 0 amide bonds. The van der Waals surface area contributed by atoms with Gasteiger partial charge >= 0.3 is 0 Å². The number of hydrogen-bond acceptors (Lipinski definition) is 3. The summed E-state index contributed by atoms with van der Waals surface area (Å²) in [6, 6.07) is 67.4. The lowest BCUT2D eigenvalue weighted by Gasteiger charge is -2.13. The van der Waals surface area contributed by atoms with Crippen LogP contribution in [0.5, 0.6) is 0 Å². The highest BCUT2D eigenvalue weighted by Gasteiger charge is 2.26. The summed E-state index contributed by atoms with van der Waals surface area (Å²) in [5.74, 6) is 0. The Morgan fingerprint density at radius 3 is 1.26 bits per heavy atom. The Kier molecular flexibility index (Phi) is 6.73. The Bertz CT molecular complexity index is 4060. The highest BCUT2D eigenvalue weighted by atomic mass is 16.3. The number of fused-ring (bicyclic) bond motifs is 13. The first-order valence-corrected chi connectivity index (χ1v) is 20.2. The van der Waals surface area contributed by atoms with E-state index in [4.69, 9.17) is 4.42 Å². The summed E-state index contributed by atoms with van der Waals surface area (Å²) in [5.41, 5.74) is 13.2. The van der Waals surface area contributed by atoms with Gasteiger partial charge in [0, 0.05) is 60.2 Å². The number of nitriles is 2. The number of furan rings is 1. The highest BCUT2D eigenvalue weighted by molar-refractivity contribution is 6.24. The second-order valence-electron chi connectivity index (χ2n) is 15.6. The zero-order valence-corrected chi connectivity index (χ0v) is 32.4. The van der Waals surface area contributed by atoms with E-state index in [-0.39, 0.29) is 0 Å². The van der Waals surface area contributed by atoms with Crippen molar-refractivity contribution in [3.05, 3.63) is 193 Å². The first kappa shape index (κ1) is 33.2. The average Bonchev–Trinajstić information content (AvgIpc) is 4.11. The average molecular weight is 779 g/mol. The van der Waals surface area contributed by atoms with Gasteiger partial charge in [-0.1, -0.05) is 84.9 Å². The van der Waals surface area contributed by atoms with Gasteiger partial charge in [-0.3, -0.25) is 18.3 Å². The summed E-state index contributed by atoms with van der Waals surface area (Å²) in [6.45, 7) is 0. The summed E-state index contributed by atoms with van der Waals surface area (Å²) in [5, 5.41) is 28.3. The Balaban J connectivity index is 1.10. The minimum atomic E-state index is 0.618. The van der Waals surface area contributed by atoms with Crippen molar-refractivity contribution in [2.45, 2.75) is 0 Å². The van der Waals surface area contributed by atoms with E-state index < -0.39 is 0 Å². The van der Waals surface area contributed by atoms with Crippen LogP contribution < -0.4 is 0 Å². The molecule has 0 saturated carbocycles. The topological polar surface area (TPSA) is 80.4 Å². The molecule has 0 unspecified atom stereocenters. The van der Waals surface area contributed by atoms with E-state index in [1.165, 1.54) is 16.2 Å². The lowest BCUT2D eigenvalue weighted by atomic mass is 10.1. The van der Waals surface area contributed by atoms with Crippen LogP contribution in [0.15, 0.2) is 186 Å². The van der Waals surface area contributed by atoms with Crippen LogP contribution in [0.1, 0.15) is 11.1 Å². The number of hydrogen-bond donors (Lipinski definition) is 0. The minimum absolute atomic E-state index is 0.618. The number of nitrogens with zero attached hydrogens (tertiary/aromatic N) is 6. The van der Waals surface area contributed by atoms with Gasteiger partial charge in [-0.2, -0.15) is 10.5 Å². The normalized spacial score (nSPS) is 11.9. The summed E-state index contributed by atoms with van der Waals surface area (Å²) < 4.78 is 16.3. The van der Waals surface area contributed by atoms with Gasteiger partial charge in [-0.05, 0) is 97.1 Å². The lowest BCUT2D eigenvalue weighted by molar-refractivity contribution is 0.666. The monoisotopic (exact) mass is 778 g/mol. The van der Waals surface area contributed by atoms with Gasteiger partial charge < -0.3 is 4.42 Å². The maximum Gasteiger partial charge on any atom is 0.159 e. The summed E-state index contributed by atoms with van der Waals surface area (Å²) in [7, 11) is 0. The van der Waals surface area contributed by atoms with Crippen LogP contribution in [0.25, 0.3) is 110 Å². The molecule has 5 aromatic heterocycles. The van der Waals surface area contributed by atoms with E-state index in [0.29, 0.717) is 11.1 Å². The molecule has 7 heteroatoms. The Morgan fingerprint density at radius 1 is 0.361 bits per heavy atom. The molecule has 8 aromatic carbocycles. The van der Waals surface area contributed by atoms with Gasteiger partial charge in [0.25, 0.3) is 0 Å². The van der Waals surface area contributed by atoms with E-state index >= 15 is 0 Å². The van der Waals surface area contributed by atoms with E-state index in [2.05, 4.69) is 164 Å². The molecule has 0 aliphatic heterocycles. The van der Waals surface area contributed by atoms with Gasteiger partial charge in [0.05, 0.1) is 51.0 Å². The van der Waals surface area contributed by atoms with Crippen LogP contribution in [0.4, 0.5) is 0 Å². The molecular weight excluding hydrogens is 749 g/mol. The van der Waals surface area contributed by atoms with Gasteiger partial charge in [0.15, 0.2) is 5.58 Å². The molecular formula is C54H30N6O. The molecule has 7 nitrogen and oxygen atoms in total. The van der Waals surface area contributed by atoms with E-state index in [9.17, 15) is 10.5 Å². The summed E-state index contributed by atoms with van der Waals surface area (Å²) in [4.78, 5) is 0. The fraction of sp³-hybridized carbons (Fsp3) is 0. The van der Waals surface area contributed by atoms with Crippen molar-refractivity contribution in [1.82, 2.24) is 18.3 Å². The lowest BCUT2D eigenvalue weighted by Crippen LogP contribution is -2.02. The van der Waals surface area contributed by atoms with Crippen LogP contribution in [0.2, 0.25) is 0 Å². The molecule has 0 fully saturated rings. The molecule has 0 spiro atoms. The van der Waals surface area contributed by atoms with Crippen LogP contribution in [0.3, 0.4) is 0 Å². The molecule has 5 heterocycles. The molecule has 13 rings (SSSR count). The fourth-order valence-corrected chi connectivity index (χ4v) is 9.88. The van der Waals surface area contributed by atoms with Crippen molar-refractivity contribution in [3.63, 3.8) is 0 Å². The van der Waals surface area contributed by atoms with E-state index in [0.717, 1.165) is 94.2 Å². The van der Waals surface area contributed by atoms with Crippen LogP contribution >= 0.6 is 0 Å². The Hall–Kier alpha value is -8.78. The Morgan fingerprint density at radius 2 is 0.770 bits per heavy atom. The van der Waals surface area contributed by atoms with Gasteiger partial charge in [0.1, 0.15) is 16.9 Å². The van der Waals surface area contributed by atoms with Crippen molar-refractivity contribution in [2.75, 3.05) is 0 Å². The zero-order valence-electron chi connectivity index (χ0n) is 32.4. The molecule has 0 bridgehead atoms. The second-order valence-corrected chi connectivity index (χ2v) is 15.6. The summed E-state index contributed by atoms with van der Waals surface area (Å²) >= 11 is 0. The summed E-state index contributed by atoms with van der Waals surface area (Å²) in [6.07, 6.45) is 0. The third-order valence-corrected chi connectivity index (χ3v) is 12.4. The molecule has 0 radical (unpaired) electrons. The third-order valence-electron chi connectivity index (χ3n) is 12.4. The Labute approximate surface area is 347 Å². The van der Waals surface area contributed by atoms with E-state index in [1.807, 2.05) is 48.5 Å². The zero-order chi connectivity index (χ0) is 40.3. The second kappa shape index (κ2) is 12.4. The molecule has 61 heavy (non-hydrogen) atoms. The van der Waals surface area contributed by atoms with Crippen molar-refractivity contribution in [3.8, 4) is 34.9 Å². The predicted molar refractivity (Wildman–Crippen MR) is 245 cm³/mol. The maximum atomic E-state index is 9.64. The number of benzene rings is 8. The molecule has 0 aliphatic rings. The SMILES string of the molecule is N#Cc1ccc(-n2c3ccccc3c3c4ccccc4n(-c4ccc5oc6c(-n7c8ccccc8c8c9ccccc9n(-c9ccc(C#N)cc9)c87)cccc6c5c4)c32)cc1. The van der Waals surface area contributed by atoms with Crippen LogP contribution in [-0.4, -0.2) is 18.3 Å². The van der Waals surface area contributed by atoms with Crippen LogP contribution in [-0.2, 0) is 0 Å². The number of aromatic nitrogens is 4. The smallest absolute Gasteiger partial charge is 0.159 e. The van der Waals surface area contributed by atoms with Gasteiger partial charge in [0.2, 0.25) is 0 Å². The largest absolute Gasteiger partial charge is 0.454 e. The molecule has 0 saturated heterocycles. The first-order valence-electron chi connectivity index (χ1n) is 20.2. The molecule has 0 aliphatic carbocycles. The van der Waals surface area contributed by atoms with Gasteiger partial charge in [-0.25, -0.2) is 0 Å². The standard InChI is InChI=1S/C54H30N6O/c55-31-33-20-24-35(25-21-33)57-44-15-5-1-10-39(44)50-41-12-3-7-17-46(41)59(53(50)57)37-28-29-49-43(30-37)38-14-9-19-48(52(38)61-49)60-47-18-8-4-13-42(47)51-40-11-2-6-16-45(40)58(54(51)60)36-26-22-34(32-56)23-27-36/h1-30H.